The molecule has 0 radical (unpaired) electrons. The largest absolute Gasteiger partial charge is 0.298 e. The van der Waals surface area contributed by atoms with Gasteiger partial charge in [0.05, 0.1) is 11.8 Å². The molecule has 6 heteroatoms. The second-order valence-electron chi connectivity index (χ2n) is 2.77. The van der Waals surface area contributed by atoms with Gasteiger partial charge in [0.25, 0.3) is 0 Å². The van der Waals surface area contributed by atoms with E-state index < -0.39 is 0 Å². The van der Waals surface area contributed by atoms with E-state index >= 15 is 0 Å². The summed E-state index contributed by atoms with van der Waals surface area (Å²) < 4.78 is 1.38. The van der Waals surface area contributed by atoms with Crippen LogP contribution >= 0.6 is 23.2 Å². The van der Waals surface area contributed by atoms with E-state index in [9.17, 15) is 4.79 Å². The molecule has 0 aliphatic rings. The van der Waals surface area contributed by atoms with Crippen LogP contribution in [-0.4, -0.2) is 20.9 Å². The molecule has 0 N–H and O–H groups in total. The van der Waals surface area contributed by atoms with Crippen LogP contribution in [0.25, 0.3) is 5.65 Å². The van der Waals surface area contributed by atoms with Crippen LogP contribution in [0.1, 0.15) is 15.9 Å². The van der Waals surface area contributed by atoms with Crippen molar-refractivity contribution in [1.29, 1.82) is 0 Å². The van der Waals surface area contributed by atoms with Gasteiger partial charge in [-0.05, 0) is 6.92 Å². The summed E-state index contributed by atoms with van der Waals surface area (Å²) in [7, 11) is 0. The fourth-order valence-corrected chi connectivity index (χ4v) is 1.55. The van der Waals surface area contributed by atoms with E-state index in [1.54, 1.807) is 6.92 Å². The lowest BCUT2D eigenvalue weighted by molar-refractivity contribution is 0.112. The van der Waals surface area contributed by atoms with Crippen molar-refractivity contribution in [2.45, 2.75) is 6.92 Å². The Balaban J connectivity index is 2.93. The number of hydrogen-bond acceptors (Lipinski definition) is 3. The maximum absolute atomic E-state index is 10.6. The monoisotopic (exact) mass is 229 g/mol. The first-order valence-corrected chi connectivity index (χ1v) is 4.55. The highest BCUT2D eigenvalue weighted by Crippen LogP contribution is 2.23. The second kappa shape index (κ2) is 3.22. The molecule has 14 heavy (non-hydrogen) atoms. The number of rotatable bonds is 1. The van der Waals surface area contributed by atoms with Crippen LogP contribution in [0.3, 0.4) is 0 Å². The van der Waals surface area contributed by atoms with Crippen molar-refractivity contribution in [3.05, 3.63) is 27.6 Å². The van der Waals surface area contributed by atoms with Crippen molar-refractivity contribution in [2.24, 2.45) is 0 Å². The van der Waals surface area contributed by atoms with Crippen LogP contribution < -0.4 is 0 Å². The first kappa shape index (κ1) is 9.43. The predicted molar refractivity (Wildman–Crippen MR) is 53.1 cm³/mol. The van der Waals surface area contributed by atoms with Crippen molar-refractivity contribution in [1.82, 2.24) is 14.6 Å². The summed E-state index contributed by atoms with van der Waals surface area (Å²) in [5.74, 6) is 0. The van der Waals surface area contributed by atoms with E-state index in [1.807, 2.05) is 0 Å². The fourth-order valence-electron chi connectivity index (χ4n) is 1.11. The third kappa shape index (κ3) is 1.19. The van der Waals surface area contributed by atoms with Gasteiger partial charge in [0, 0.05) is 5.56 Å². The second-order valence-corrected chi connectivity index (χ2v) is 3.49. The summed E-state index contributed by atoms with van der Waals surface area (Å²) in [5.41, 5.74) is 1.38. The highest BCUT2D eigenvalue weighted by molar-refractivity contribution is 6.34. The molecule has 72 valence electrons. The van der Waals surface area contributed by atoms with Gasteiger partial charge in [-0.1, -0.05) is 23.2 Å². The third-order valence-corrected chi connectivity index (χ3v) is 2.72. The number of carbonyl (C=O) groups excluding carboxylic acids is 1. The molecule has 0 fully saturated rings. The third-order valence-electron chi connectivity index (χ3n) is 1.91. The average Bonchev–Trinajstić information content (AvgIpc) is 2.57. The van der Waals surface area contributed by atoms with Crippen LogP contribution in [0.15, 0.2) is 6.20 Å². The summed E-state index contributed by atoms with van der Waals surface area (Å²) in [5, 5.41) is 4.58. The van der Waals surface area contributed by atoms with Crippen molar-refractivity contribution >= 4 is 35.1 Å². The molecule has 0 amide bonds. The minimum absolute atomic E-state index is 0.283. The Morgan fingerprint density at radius 2 is 2.21 bits per heavy atom. The topological polar surface area (TPSA) is 47.3 Å². The maximum atomic E-state index is 10.6. The van der Waals surface area contributed by atoms with Crippen molar-refractivity contribution in [3.8, 4) is 0 Å². The Kier molecular flexibility index (Phi) is 2.17. The summed E-state index contributed by atoms with van der Waals surface area (Å²) in [6.07, 6.45) is 2.06. The molecule has 2 aromatic rings. The van der Waals surface area contributed by atoms with Gasteiger partial charge in [0.1, 0.15) is 10.3 Å². The first-order chi connectivity index (χ1) is 6.65. The van der Waals surface area contributed by atoms with Gasteiger partial charge < -0.3 is 0 Å². The molecule has 0 saturated heterocycles. The van der Waals surface area contributed by atoms with Crippen molar-refractivity contribution in [2.75, 3.05) is 0 Å². The number of nitrogens with zero attached hydrogens (tertiary/aromatic N) is 3. The number of hydrogen-bond donors (Lipinski definition) is 0. The van der Waals surface area contributed by atoms with Gasteiger partial charge >= 0.3 is 0 Å². The first-order valence-electron chi connectivity index (χ1n) is 3.79. The number of aldehydes is 1. The molecule has 2 rings (SSSR count). The van der Waals surface area contributed by atoms with E-state index in [4.69, 9.17) is 23.2 Å². The highest BCUT2D eigenvalue weighted by atomic mass is 35.5. The number of fused-ring (bicyclic) bond motifs is 1. The smallest absolute Gasteiger partial charge is 0.168 e. The Bertz CT molecular complexity index is 521. The Morgan fingerprint density at radius 1 is 1.50 bits per heavy atom. The molecule has 0 bridgehead atoms. The Morgan fingerprint density at radius 3 is 2.86 bits per heavy atom. The quantitative estimate of drug-likeness (QED) is 0.557. The van der Waals surface area contributed by atoms with Gasteiger partial charge in [0.2, 0.25) is 0 Å². The van der Waals surface area contributed by atoms with E-state index in [0.717, 1.165) is 0 Å². The SMILES string of the molecule is Cc1c(Cl)nc2c(C=O)cnn2c1Cl. The lowest BCUT2D eigenvalue weighted by Crippen LogP contribution is -1.97. The normalized spacial score (nSPS) is 10.8. The van der Waals surface area contributed by atoms with Gasteiger partial charge in [0.15, 0.2) is 11.9 Å². The Hall–Kier alpha value is -1.13. The van der Waals surface area contributed by atoms with E-state index in [1.165, 1.54) is 10.7 Å². The van der Waals surface area contributed by atoms with Crippen molar-refractivity contribution in [3.63, 3.8) is 0 Å². The summed E-state index contributed by atoms with van der Waals surface area (Å²) >= 11 is 11.8. The summed E-state index contributed by atoms with van der Waals surface area (Å²) in [6.45, 7) is 1.74. The molecule has 0 atom stereocenters. The minimum Gasteiger partial charge on any atom is -0.298 e. The molecule has 2 aromatic heterocycles. The maximum Gasteiger partial charge on any atom is 0.168 e. The van der Waals surface area contributed by atoms with Gasteiger partial charge in [-0.3, -0.25) is 4.79 Å². The Labute approximate surface area is 89.5 Å². The molecule has 0 saturated carbocycles. The average molecular weight is 230 g/mol. The van der Waals surface area contributed by atoms with E-state index in [-0.39, 0.29) is 5.15 Å². The van der Waals surface area contributed by atoms with Crippen LogP contribution in [0.4, 0.5) is 0 Å². The van der Waals surface area contributed by atoms with Gasteiger partial charge in [-0.2, -0.15) is 5.10 Å². The molecule has 0 aliphatic heterocycles. The lowest BCUT2D eigenvalue weighted by atomic mass is 10.3. The number of halogens is 2. The van der Waals surface area contributed by atoms with E-state index in [2.05, 4.69) is 10.1 Å². The zero-order valence-corrected chi connectivity index (χ0v) is 8.67. The van der Waals surface area contributed by atoms with Crippen LogP contribution in [0.5, 0.6) is 0 Å². The molecule has 0 aliphatic carbocycles. The van der Waals surface area contributed by atoms with Gasteiger partial charge in [-0.25, -0.2) is 9.50 Å². The summed E-state index contributed by atoms with van der Waals surface area (Å²) in [4.78, 5) is 14.6. The van der Waals surface area contributed by atoms with Crippen LogP contribution in [0.2, 0.25) is 10.3 Å². The predicted octanol–water partition coefficient (Wildman–Crippen LogP) is 2.16. The zero-order valence-electron chi connectivity index (χ0n) is 7.16. The number of aromatic nitrogens is 3. The molecule has 0 unspecified atom stereocenters. The molecule has 2 heterocycles. The molecule has 4 nitrogen and oxygen atoms in total. The van der Waals surface area contributed by atoms with Crippen molar-refractivity contribution < 1.29 is 4.79 Å². The summed E-state index contributed by atoms with van der Waals surface area (Å²) in [6, 6.07) is 0. The lowest BCUT2D eigenvalue weighted by Gasteiger charge is -2.02. The van der Waals surface area contributed by atoms with E-state index in [0.29, 0.717) is 28.2 Å². The van der Waals surface area contributed by atoms with Gasteiger partial charge in [-0.15, -0.1) is 0 Å². The van der Waals surface area contributed by atoms with Crippen LogP contribution in [0, 0.1) is 6.92 Å². The molecule has 0 spiro atoms. The molecule has 0 aromatic carbocycles. The van der Waals surface area contributed by atoms with Crippen LogP contribution in [-0.2, 0) is 0 Å². The standard InChI is InChI=1S/C8H5Cl2N3O/c1-4-6(9)12-8-5(3-14)2-11-13(8)7(4)10/h2-3H,1H3. The molecular formula is C8H5Cl2N3O. The molecular weight excluding hydrogens is 225 g/mol. The minimum atomic E-state index is 0.283. The fraction of sp³-hybridized carbons (Fsp3) is 0.125. The zero-order chi connectivity index (χ0) is 10.3. The highest BCUT2D eigenvalue weighted by Gasteiger charge is 2.12. The number of carbonyl (C=O) groups is 1.